The van der Waals surface area contributed by atoms with Crippen LogP contribution in [0.2, 0.25) is 0 Å². The van der Waals surface area contributed by atoms with Crippen LogP contribution in [0.15, 0.2) is 41.4 Å². The van der Waals surface area contributed by atoms with Crippen LogP contribution in [-0.2, 0) is 9.59 Å². The molecule has 2 aliphatic rings. The molecule has 2 fully saturated rings. The average Bonchev–Trinajstić information content (AvgIpc) is 3.28. The molecule has 134 valence electrons. The molecule has 0 saturated carbocycles. The molecule has 2 atom stereocenters. The van der Waals surface area contributed by atoms with Gasteiger partial charge >= 0.3 is 5.97 Å². The largest absolute Gasteiger partial charge is 0.481 e. The number of carbonyl (C=O) groups excluding carboxylic acids is 2. The number of aliphatic carboxylic acids is 1. The lowest BCUT2D eigenvalue weighted by Gasteiger charge is -2.24. The van der Waals surface area contributed by atoms with Gasteiger partial charge in [-0.25, -0.2) is 0 Å². The van der Waals surface area contributed by atoms with Crippen LogP contribution >= 0.6 is 0 Å². The molecule has 4 rings (SSSR count). The molecule has 1 aromatic carbocycles. The molecule has 26 heavy (non-hydrogen) atoms. The molecule has 8 heteroatoms. The Morgan fingerprint density at radius 3 is 2.85 bits per heavy atom. The highest BCUT2D eigenvalue weighted by Gasteiger charge is 2.62. The monoisotopic (exact) mass is 355 g/mol. The molecular weight excluding hydrogens is 338 g/mol. The van der Waals surface area contributed by atoms with Gasteiger partial charge in [0.05, 0.1) is 11.3 Å². The maximum atomic E-state index is 12.9. The van der Waals surface area contributed by atoms with Gasteiger partial charge < -0.3 is 19.4 Å². The summed E-state index contributed by atoms with van der Waals surface area (Å²) in [6, 6.07) is 7.00. The second-order valence-corrected chi connectivity index (χ2v) is 6.74. The standard InChI is InChI=1S/C18H17N3O5/c1-2-7-20-9-18(17(24)25)10-21(8-12(18)15(20)22)16(23)14-11-5-3-4-6-13(11)19-26-14/h2-6,12H,1,7-10H2,(H,24,25)/t12-,18+/m0/s1. The minimum absolute atomic E-state index is 0.0414. The highest BCUT2D eigenvalue weighted by atomic mass is 16.5. The van der Waals surface area contributed by atoms with Crippen LogP contribution in [0.5, 0.6) is 0 Å². The van der Waals surface area contributed by atoms with Gasteiger partial charge in [0.25, 0.3) is 5.91 Å². The number of rotatable bonds is 4. The lowest BCUT2D eigenvalue weighted by Crippen LogP contribution is -2.42. The normalized spacial score (nSPS) is 24.9. The van der Waals surface area contributed by atoms with Crippen LogP contribution in [0.3, 0.4) is 0 Å². The smallest absolute Gasteiger partial charge is 0.314 e. The van der Waals surface area contributed by atoms with Crippen molar-refractivity contribution in [2.24, 2.45) is 11.3 Å². The van der Waals surface area contributed by atoms with Crippen molar-refractivity contribution in [2.45, 2.75) is 0 Å². The number of hydrogen-bond acceptors (Lipinski definition) is 5. The predicted molar refractivity (Wildman–Crippen MR) is 90.2 cm³/mol. The summed E-state index contributed by atoms with van der Waals surface area (Å²) in [6.07, 6.45) is 1.57. The Labute approximate surface area is 148 Å². The van der Waals surface area contributed by atoms with Crippen LogP contribution in [-0.4, -0.2) is 64.0 Å². The van der Waals surface area contributed by atoms with Gasteiger partial charge in [-0.3, -0.25) is 14.4 Å². The number of amides is 2. The third-order valence-corrected chi connectivity index (χ3v) is 5.27. The lowest BCUT2D eigenvalue weighted by molar-refractivity contribution is -0.149. The number of carboxylic acid groups (broad SMARTS) is 1. The molecule has 0 spiro atoms. The predicted octanol–water partition coefficient (Wildman–Crippen LogP) is 0.999. The Bertz CT molecular complexity index is 936. The van der Waals surface area contributed by atoms with Gasteiger partial charge in [-0.15, -0.1) is 6.58 Å². The van der Waals surface area contributed by atoms with Gasteiger partial charge in [-0.05, 0) is 12.1 Å². The van der Waals surface area contributed by atoms with Gasteiger partial charge in [0.2, 0.25) is 11.7 Å². The van der Waals surface area contributed by atoms with E-state index < -0.39 is 23.2 Å². The highest BCUT2D eigenvalue weighted by Crippen LogP contribution is 2.44. The second kappa shape index (κ2) is 5.69. The number of hydrogen-bond donors (Lipinski definition) is 1. The van der Waals surface area contributed by atoms with Crippen molar-refractivity contribution in [3.05, 3.63) is 42.7 Å². The molecule has 2 amide bonds. The number of nitrogens with zero attached hydrogens (tertiary/aromatic N) is 3. The Morgan fingerprint density at radius 2 is 2.15 bits per heavy atom. The van der Waals surface area contributed by atoms with Crippen molar-refractivity contribution in [2.75, 3.05) is 26.2 Å². The Balaban J connectivity index is 1.65. The van der Waals surface area contributed by atoms with E-state index in [0.717, 1.165) is 0 Å². The second-order valence-electron chi connectivity index (χ2n) is 6.74. The average molecular weight is 355 g/mol. The zero-order valence-electron chi connectivity index (χ0n) is 13.9. The van der Waals surface area contributed by atoms with E-state index in [0.29, 0.717) is 17.4 Å². The summed E-state index contributed by atoms with van der Waals surface area (Å²) in [4.78, 5) is 40.3. The SMILES string of the molecule is C=CCN1C[C@@]2(C(=O)O)CN(C(=O)c3onc4ccccc34)C[C@H]2C1=O. The van der Waals surface area contributed by atoms with Crippen molar-refractivity contribution in [3.8, 4) is 0 Å². The molecule has 2 aliphatic heterocycles. The number of benzene rings is 1. The first-order valence-electron chi connectivity index (χ1n) is 8.24. The minimum atomic E-state index is -1.30. The molecule has 2 saturated heterocycles. The zero-order valence-corrected chi connectivity index (χ0v) is 13.9. The van der Waals surface area contributed by atoms with Crippen molar-refractivity contribution in [1.29, 1.82) is 0 Å². The third kappa shape index (κ3) is 2.15. The van der Waals surface area contributed by atoms with E-state index >= 15 is 0 Å². The van der Waals surface area contributed by atoms with Crippen LogP contribution in [0.4, 0.5) is 0 Å². The molecule has 0 bridgehead atoms. The molecule has 1 aromatic heterocycles. The Morgan fingerprint density at radius 1 is 1.38 bits per heavy atom. The van der Waals surface area contributed by atoms with Crippen LogP contribution < -0.4 is 0 Å². The Hall–Kier alpha value is -3.16. The van der Waals surface area contributed by atoms with Crippen molar-refractivity contribution in [1.82, 2.24) is 15.0 Å². The fraction of sp³-hybridized carbons (Fsp3) is 0.333. The van der Waals surface area contributed by atoms with E-state index in [4.69, 9.17) is 4.52 Å². The minimum Gasteiger partial charge on any atom is -0.481 e. The number of aromatic nitrogens is 1. The number of carbonyl (C=O) groups is 3. The van der Waals surface area contributed by atoms with Crippen molar-refractivity contribution >= 4 is 28.7 Å². The summed E-state index contributed by atoms with van der Waals surface area (Å²) in [5.41, 5.74) is -0.748. The van der Waals surface area contributed by atoms with Crippen LogP contribution in [0, 0.1) is 11.3 Å². The first-order chi connectivity index (χ1) is 12.5. The molecule has 0 unspecified atom stereocenters. The van der Waals surface area contributed by atoms with Gasteiger partial charge in [-0.1, -0.05) is 23.4 Å². The van der Waals surface area contributed by atoms with E-state index in [-0.39, 0.29) is 31.3 Å². The van der Waals surface area contributed by atoms with E-state index in [1.165, 1.54) is 9.80 Å². The van der Waals surface area contributed by atoms with Crippen LogP contribution in [0.1, 0.15) is 10.6 Å². The van der Waals surface area contributed by atoms with Crippen molar-refractivity contribution < 1.29 is 24.0 Å². The van der Waals surface area contributed by atoms with E-state index in [1.54, 1.807) is 30.3 Å². The first-order valence-corrected chi connectivity index (χ1v) is 8.24. The molecule has 0 aliphatic carbocycles. The number of likely N-dealkylation sites (tertiary alicyclic amines) is 2. The molecule has 1 N–H and O–H groups in total. The van der Waals surface area contributed by atoms with Gasteiger partial charge in [0.15, 0.2) is 0 Å². The van der Waals surface area contributed by atoms with E-state index in [2.05, 4.69) is 11.7 Å². The fourth-order valence-corrected chi connectivity index (χ4v) is 3.96. The molecule has 8 nitrogen and oxygen atoms in total. The van der Waals surface area contributed by atoms with E-state index in [9.17, 15) is 19.5 Å². The third-order valence-electron chi connectivity index (χ3n) is 5.27. The summed E-state index contributed by atoms with van der Waals surface area (Å²) in [7, 11) is 0. The highest BCUT2D eigenvalue weighted by molar-refractivity contribution is 6.04. The van der Waals surface area contributed by atoms with Crippen molar-refractivity contribution in [3.63, 3.8) is 0 Å². The quantitative estimate of drug-likeness (QED) is 0.821. The molecular formula is C18H17N3O5. The van der Waals surface area contributed by atoms with Gasteiger partial charge in [-0.2, -0.15) is 0 Å². The molecule has 3 heterocycles. The first kappa shape index (κ1) is 16.3. The maximum absolute atomic E-state index is 12.9. The summed E-state index contributed by atoms with van der Waals surface area (Å²) < 4.78 is 5.19. The van der Waals surface area contributed by atoms with Gasteiger partial charge in [0, 0.05) is 26.2 Å². The molecule has 0 radical (unpaired) electrons. The fourth-order valence-electron chi connectivity index (χ4n) is 3.96. The Kier molecular flexibility index (Phi) is 3.57. The van der Waals surface area contributed by atoms with Crippen LogP contribution in [0.25, 0.3) is 10.9 Å². The zero-order chi connectivity index (χ0) is 18.5. The number of carboxylic acids is 1. The number of fused-ring (bicyclic) bond motifs is 2. The topological polar surface area (TPSA) is 104 Å². The summed E-state index contributed by atoms with van der Waals surface area (Å²) >= 11 is 0. The summed E-state index contributed by atoms with van der Waals surface area (Å²) in [5, 5.41) is 14.2. The lowest BCUT2D eigenvalue weighted by atomic mass is 9.81. The summed E-state index contributed by atoms with van der Waals surface area (Å²) in [5.74, 6) is -2.48. The van der Waals surface area contributed by atoms with Gasteiger partial charge in [0.1, 0.15) is 10.9 Å². The maximum Gasteiger partial charge on any atom is 0.314 e. The molecule has 2 aromatic rings. The summed E-state index contributed by atoms with van der Waals surface area (Å²) in [6.45, 7) is 3.97. The van der Waals surface area contributed by atoms with E-state index in [1.807, 2.05) is 0 Å².